The van der Waals surface area contributed by atoms with Gasteiger partial charge in [0.05, 0.1) is 6.10 Å². The number of ether oxygens (including phenoxy) is 1. The lowest BCUT2D eigenvalue weighted by Crippen LogP contribution is -2.58. The van der Waals surface area contributed by atoms with Crippen LogP contribution in [0.1, 0.15) is 44.5 Å². The van der Waals surface area contributed by atoms with Gasteiger partial charge in [0.25, 0.3) is 0 Å². The van der Waals surface area contributed by atoms with Crippen LogP contribution in [0.2, 0.25) is 0 Å². The zero-order valence-electron chi connectivity index (χ0n) is 16.6. The first-order valence-corrected chi connectivity index (χ1v) is 10.1. The van der Waals surface area contributed by atoms with Crippen molar-refractivity contribution in [1.82, 2.24) is 14.5 Å². The van der Waals surface area contributed by atoms with E-state index >= 15 is 0 Å². The van der Waals surface area contributed by atoms with Gasteiger partial charge in [-0.05, 0) is 44.4 Å². The van der Waals surface area contributed by atoms with Gasteiger partial charge in [0.2, 0.25) is 0 Å². The highest BCUT2D eigenvalue weighted by atomic mass is 16.5. The molecule has 1 saturated heterocycles. The number of nitrogens with zero attached hydrogens (tertiary/aromatic N) is 3. The molecule has 1 aromatic heterocycles. The minimum atomic E-state index is -0.796. The molecule has 2 fully saturated rings. The van der Waals surface area contributed by atoms with Crippen molar-refractivity contribution in [2.24, 2.45) is 18.9 Å². The molecule has 1 saturated carbocycles. The average molecular weight is 370 g/mol. The molecule has 2 atom stereocenters. The van der Waals surface area contributed by atoms with Gasteiger partial charge in [-0.25, -0.2) is 4.98 Å². The molecule has 1 aliphatic heterocycles. The number of likely N-dealkylation sites (tertiary alicyclic amines) is 1. The second kappa shape index (κ2) is 7.28. The third kappa shape index (κ3) is 3.50. The predicted molar refractivity (Wildman–Crippen MR) is 105 cm³/mol. The van der Waals surface area contributed by atoms with Gasteiger partial charge in [-0.2, -0.15) is 0 Å². The van der Waals surface area contributed by atoms with Gasteiger partial charge in [0, 0.05) is 50.9 Å². The molecule has 2 aromatic rings. The molecule has 1 aliphatic carbocycles. The largest absolute Gasteiger partial charge is 0.491 e. The summed E-state index contributed by atoms with van der Waals surface area (Å²) in [6, 6.07) is 8.41. The zero-order valence-corrected chi connectivity index (χ0v) is 16.6. The Kier molecular flexibility index (Phi) is 4.99. The number of imidazole rings is 1. The first-order valence-electron chi connectivity index (χ1n) is 10.1. The monoisotopic (exact) mass is 369 g/mol. The van der Waals surface area contributed by atoms with Crippen molar-refractivity contribution in [1.29, 1.82) is 0 Å². The van der Waals surface area contributed by atoms with E-state index in [9.17, 15) is 5.11 Å². The smallest absolute Gasteiger partial charge is 0.141 e. The van der Waals surface area contributed by atoms with Crippen LogP contribution < -0.4 is 4.74 Å². The Hall–Kier alpha value is -1.85. The predicted octanol–water partition coefficient (Wildman–Crippen LogP) is 3.33. The molecule has 2 aliphatic rings. The van der Waals surface area contributed by atoms with Gasteiger partial charge in [-0.3, -0.25) is 4.90 Å². The molecule has 1 N–H and O–H groups in total. The summed E-state index contributed by atoms with van der Waals surface area (Å²) in [6.45, 7) is 6.83. The lowest BCUT2D eigenvalue weighted by Gasteiger charge is -2.52. The molecule has 0 spiro atoms. The first kappa shape index (κ1) is 18.5. The Balaban J connectivity index is 1.52. The summed E-state index contributed by atoms with van der Waals surface area (Å²) in [5.41, 5.74) is 0.476. The van der Waals surface area contributed by atoms with Crippen molar-refractivity contribution in [3.05, 3.63) is 48.0 Å². The molecule has 2 bridgehead atoms. The van der Waals surface area contributed by atoms with Crippen LogP contribution in [0.5, 0.6) is 5.75 Å². The van der Waals surface area contributed by atoms with Crippen LogP contribution in [0.4, 0.5) is 0 Å². The molecule has 2 unspecified atom stereocenters. The lowest BCUT2D eigenvalue weighted by molar-refractivity contribution is -0.155. The third-order valence-corrected chi connectivity index (χ3v) is 6.16. The van der Waals surface area contributed by atoms with E-state index in [2.05, 4.69) is 41.9 Å². The van der Waals surface area contributed by atoms with E-state index in [4.69, 9.17) is 4.74 Å². The second-order valence-electron chi connectivity index (χ2n) is 8.52. The molecule has 0 amide bonds. The number of aromatic nitrogens is 2. The highest BCUT2D eigenvalue weighted by Gasteiger charge is 2.53. The van der Waals surface area contributed by atoms with Gasteiger partial charge in [-0.1, -0.05) is 18.6 Å². The molecule has 146 valence electrons. The summed E-state index contributed by atoms with van der Waals surface area (Å²) in [6.07, 6.45) is 7.25. The van der Waals surface area contributed by atoms with Crippen LogP contribution in [-0.4, -0.2) is 38.8 Å². The third-order valence-electron chi connectivity index (χ3n) is 6.16. The Morgan fingerprint density at radius 1 is 1.26 bits per heavy atom. The number of fused-ring (bicyclic) bond motifs is 2. The highest BCUT2D eigenvalue weighted by molar-refractivity contribution is 5.29. The van der Waals surface area contributed by atoms with Crippen LogP contribution in [0, 0.1) is 11.8 Å². The fourth-order valence-corrected chi connectivity index (χ4v) is 5.04. The molecule has 5 nitrogen and oxygen atoms in total. The van der Waals surface area contributed by atoms with Gasteiger partial charge in [-0.15, -0.1) is 0 Å². The molecule has 5 heteroatoms. The number of benzene rings is 1. The van der Waals surface area contributed by atoms with E-state index in [0.29, 0.717) is 0 Å². The molecule has 1 aromatic carbocycles. The van der Waals surface area contributed by atoms with E-state index in [1.807, 2.05) is 23.9 Å². The Morgan fingerprint density at radius 2 is 2.00 bits per heavy atom. The standard InChI is InChI=1S/C22H31N3O2/c1-16(2)27-20-9-4-6-17(12-20)13-25-14-18-7-5-8-19(15-25)22(18,26)21-23-10-11-24(21)3/h4,6,9-12,16,18-19,26H,5,7-8,13-15H2,1-3H3. The van der Waals surface area contributed by atoms with Gasteiger partial charge >= 0.3 is 0 Å². The maximum Gasteiger partial charge on any atom is 0.141 e. The van der Waals surface area contributed by atoms with Gasteiger partial charge < -0.3 is 14.4 Å². The van der Waals surface area contributed by atoms with Crippen molar-refractivity contribution >= 4 is 0 Å². The zero-order chi connectivity index (χ0) is 19.0. The fourth-order valence-electron chi connectivity index (χ4n) is 5.04. The second-order valence-corrected chi connectivity index (χ2v) is 8.52. The fraction of sp³-hybridized carbons (Fsp3) is 0.591. The summed E-state index contributed by atoms with van der Waals surface area (Å²) < 4.78 is 7.84. The number of rotatable bonds is 5. The first-order chi connectivity index (χ1) is 13.0. The Labute approximate surface area is 162 Å². The Bertz CT molecular complexity index is 771. The van der Waals surface area contributed by atoms with Crippen LogP contribution in [-0.2, 0) is 19.2 Å². The van der Waals surface area contributed by atoms with Crippen molar-refractivity contribution in [3.8, 4) is 5.75 Å². The van der Waals surface area contributed by atoms with Gasteiger partial charge in [0.15, 0.2) is 0 Å². The van der Waals surface area contributed by atoms with E-state index in [1.54, 1.807) is 6.20 Å². The van der Waals surface area contributed by atoms with Crippen LogP contribution in [0.3, 0.4) is 0 Å². The SMILES string of the molecule is CC(C)Oc1cccc(CN2CC3CCCC(C2)C3(O)c2nccn2C)c1. The van der Waals surface area contributed by atoms with Crippen LogP contribution >= 0.6 is 0 Å². The number of hydrogen-bond acceptors (Lipinski definition) is 4. The Morgan fingerprint density at radius 3 is 2.63 bits per heavy atom. The average Bonchev–Trinajstić information content (AvgIpc) is 3.02. The number of hydrogen-bond donors (Lipinski definition) is 1. The topological polar surface area (TPSA) is 50.5 Å². The molecular weight excluding hydrogens is 338 g/mol. The molecular formula is C22H31N3O2. The quantitative estimate of drug-likeness (QED) is 0.878. The molecule has 27 heavy (non-hydrogen) atoms. The number of aliphatic hydroxyl groups is 1. The van der Waals surface area contributed by atoms with Crippen molar-refractivity contribution < 1.29 is 9.84 Å². The van der Waals surface area contributed by atoms with Crippen LogP contribution in [0.15, 0.2) is 36.7 Å². The maximum atomic E-state index is 11.7. The van der Waals surface area contributed by atoms with Crippen molar-refractivity contribution in [2.75, 3.05) is 13.1 Å². The minimum Gasteiger partial charge on any atom is -0.491 e. The molecule has 0 radical (unpaired) electrons. The highest BCUT2D eigenvalue weighted by Crippen LogP contribution is 2.48. The number of aryl methyl sites for hydroxylation is 1. The van der Waals surface area contributed by atoms with Crippen molar-refractivity contribution in [3.63, 3.8) is 0 Å². The summed E-state index contributed by atoms with van der Waals surface area (Å²) in [4.78, 5) is 7.02. The maximum absolute atomic E-state index is 11.7. The summed E-state index contributed by atoms with van der Waals surface area (Å²) in [5, 5.41) is 11.7. The summed E-state index contributed by atoms with van der Waals surface area (Å²) >= 11 is 0. The van der Waals surface area contributed by atoms with E-state index in [-0.39, 0.29) is 17.9 Å². The van der Waals surface area contributed by atoms with Crippen LogP contribution in [0.25, 0.3) is 0 Å². The van der Waals surface area contributed by atoms with E-state index in [1.165, 1.54) is 12.0 Å². The lowest BCUT2D eigenvalue weighted by atomic mass is 9.65. The molecule has 4 rings (SSSR count). The van der Waals surface area contributed by atoms with Gasteiger partial charge in [0.1, 0.15) is 17.2 Å². The normalized spacial score (nSPS) is 28.5. The summed E-state index contributed by atoms with van der Waals surface area (Å²) in [7, 11) is 1.99. The van der Waals surface area contributed by atoms with E-state index in [0.717, 1.165) is 44.0 Å². The van der Waals surface area contributed by atoms with E-state index < -0.39 is 5.60 Å². The molecule has 2 heterocycles. The minimum absolute atomic E-state index is 0.183. The summed E-state index contributed by atoms with van der Waals surface area (Å²) in [5.74, 6) is 2.25. The van der Waals surface area contributed by atoms with Crippen molar-refractivity contribution in [2.45, 2.75) is 51.4 Å². The number of piperidine rings is 1.